The van der Waals surface area contributed by atoms with Crippen molar-refractivity contribution in [1.29, 1.82) is 0 Å². The van der Waals surface area contributed by atoms with Gasteiger partial charge in [-0.3, -0.25) is 4.79 Å². The minimum Gasteiger partial charge on any atom is -0.469 e. The van der Waals surface area contributed by atoms with Gasteiger partial charge in [0.05, 0.1) is 7.11 Å². The van der Waals surface area contributed by atoms with Gasteiger partial charge in [-0.05, 0) is 18.2 Å². The van der Waals surface area contributed by atoms with E-state index in [1.807, 2.05) is 0 Å². The summed E-state index contributed by atoms with van der Waals surface area (Å²) in [5.74, 6) is -0.560. The molecule has 1 aromatic carbocycles. The van der Waals surface area contributed by atoms with Crippen molar-refractivity contribution in [1.82, 2.24) is 10.1 Å². The van der Waals surface area contributed by atoms with Gasteiger partial charge in [0.2, 0.25) is 11.7 Å². The Morgan fingerprint density at radius 3 is 2.94 bits per heavy atom. The molecule has 0 unspecified atom stereocenters. The second-order valence-electron chi connectivity index (χ2n) is 3.42. The van der Waals surface area contributed by atoms with E-state index in [2.05, 4.69) is 30.8 Å². The molecule has 0 aliphatic heterocycles. The Kier molecular flexibility index (Phi) is 3.71. The van der Waals surface area contributed by atoms with Gasteiger partial charge in [-0.25, -0.2) is 4.39 Å². The van der Waals surface area contributed by atoms with Crippen LogP contribution in [0.5, 0.6) is 0 Å². The van der Waals surface area contributed by atoms with Crippen molar-refractivity contribution in [3.63, 3.8) is 0 Å². The predicted molar refractivity (Wildman–Crippen MR) is 63.1 cm³/mol. The molecular formula is C11H8BrFN2O3. The zero-order valence-electron chi connectivity index (χ0n) is 9.31. The van der Waals surface area contributed by atoms with Crippen LogP contribution >= 0.6 is 15.9 Å². The van der Waals surface area contributed by atoms with E-state index in [0.29, 0.717) is 10.0 Å². The summed E-state index contributed by atoms with van der Waals surface area (Å²) in [5.41, 5.74) is 0.460. The van der Waals surface area contributed by atoms with Crippen LogP contribution in [0.3, 0.4) is 0 Å². The van der Waals surface area contributed by atoms with Crippen LogP contribution in [0.2, 0.25) is 0 Å². The van der Waals surface area contributed by atoms with Gasteiger partial charge in [-0.1, -0.05) is 21.1 Å². The highest BCUT2D eigenvalue weighted by Gasteiger charge is 2.13. The number of benzene rings is 1. The summed E-state index contributed by atoms with van der Waals surface area (Å²) in [7, 11) is 1.27. The molecule has 0 radical (unpaired) electrons. The van der Waals surface area contributed by atoms with Crippen LogP contribution in [0.25, 0.3) is 11.4 Å². The number of carbonyl (C=O) groups excluding carboxylic acids is 1. The molecule has 0 bridgehead atoms. The number of halogens is 2. The van der Waals surface area contributed by atoms with E-state index in [1.165, 1.54) is 19.2 Å². The number of hydrogen-bond donors (Lipinski definition) is 0. The number of carbonyl (C=O) groups is 1. The Hall–Kier alpha value is -1.76. The first-order valence-corrected chi connectivity index (χ1v) is 5.73. The molecule has 0 fully saturated rings. The van der Waals surface area contributed by atoms with Gasteiger partial charge in [0.15, 0.2) is 0 Å². The fourth-order valence-corrected chi connectivity index (χ4v) is 1.79. The third-order valence-electron chi connectivity index (χ3n) is 2.11. The third kappa shape index (κ3) is 2.92. The van der Waals surface area contributed by atoms with Gasteiger partial charge >= 0.3 is 5.97 Å². The van der Waals surface area contributed by atoms with Crippen molar-refractivity contribution in [2.75, 3.05) is 7.11 Å². The van der Waals surface area contributed by atoms with Crippen molar-refractivity contribution in [2.45, 2.75) is 6.42 Å². The lowest BCUT2D eigenvalue weighted by Crippen LogP contribution is -2.04. The molecule has 94 valence electrons. The van der Waals surface area contributed by atoms with Crippen molar-refractivity contribution in [3.05, 3.63) is 34.4 Å². The average Bonchev–Trinajstić information content (AvgIpc) is 2.76. The molecule has 0 aliphatic carbocycles. The lowest BCUT2D eigenvalue weighted by atomic mass is 10.2. The normalized spacial score (nSPS) is 10.4. The quantitative estimate of drug-likeness (QED) is 0.814. The third-order valence-corrected chi connectivity index (χ3v) is 2.57. The fraction of sp³-hybridized carbons (Fsp3) is 0.182. The highest BCUT2D eigenvalue weighted by molar-refractivity contribution is 9.10. The molecule has 0 saturated carbocycles. The first-order valence-electron chi connectivity index (χ1n) is 4.94. The molecule has 18 heavy (non-hydrogen) atoms. The van der Waals surface area contributed by atoms with Crippen molar-refractivity contribution in [2.24, 2.45) is 0 Å². The second kappa shape index (κ2) is 5.26. The number of hydrogen-bond acceptors (Lipinski definition) is 5. The van der Waals surface area contributed by atoms with Crippen molar-refractivity contribution in [3.8, 4) is 11.4 Å². The van der Waals surface area contributed by atoms with Gasteiger partial charge in [-0.2, -0.15) is 4.98 Å². The van der Waals surface area contributed by atoms with Crippen LogP contribution in [0.4, 0.5) is 4.39 Å². The Morgan fingerprint density at radius 2 is 2.28 bits per heavy atom. The van der Waals surface area contributed by atoms with Crippen LogP contribution in [0, 0.1) is 5.82 Å². The minimum absolute atomic E-state index is 0.111. The molecule has 0 saturated heterocycles. The number of ether oxygens (including phenoxy) is 1. The van der Waals surface area contributed by atoms with Crippen LogP contribution in [-0.4, -0.2) is 23.2 Å². The van der Waals surface area contributed by atoms with E-state index < -0.39 is 11.8 Å². The van der Waals surface area contributed by atoms with Gasteiger partial charge in [0.1, 0.15) is 12.2 Å². The van der Waals surface area contributed by atoms with Crippen LogP contribution in [-0.2, 0) is 16.0 Å². The Bertz CT molecular complexity index is 565. The predicted octanol–water partition coefficient (Wildman–Crippen LogP) is 2.35. The molecule has 5 nitrogen and oxygen atoms in total. The molecule has 0 N–H and O–H groups in total. The molecule has 0 aliphatic rings. The molecule has 1 aromatic heterocycles. The van der Waals surface area contributed by atoms with Gasteiger partial charge < -0.3 is 9.26 Å². The number of aromatic nitrogens is 2. The summed E-state index contributed by atoms with van der Waals surface area (Å²) >= 11 is 3.17. The molecule has 1 heterocycles. The molecule has 0 spiro atoms. The maximum absolute atomic E-state index is 13.2. The molecule has 7 heteroatoms. The highest BCUT2D eigenvalue weighted by Crippen LogP contribution is 2.22. The Labute approximate surface area is 110 Å². The second-order valence-corrected chi connectivity index (χ2v) is 4.34. The maximum Gasteiger partial charge on any atom is 0.315 e. The average molecular weight is 315 g/mol. The van der Waals surface area contributed by atoms with Gasteiger partial charge in [0.25, 0.3) is 0 Å². The highest BCUT2D eigenvalue weighted by atomic mass is 79.9. The summed E-state index contributed by atoms with van der Waals surface area (Å²) in [5, 5.41) is 3.67. The van der Waals surface area contributed by atoms with E-state index in [0.717, 1.165) is 0 Å². The van der Waals surface area contributed by atoms with Crippen LogP contribution in [0.15, 0.2) is 27.2 Å². The van der Waals surface area contributed by atoms with Gasteiger partial charge in [-0.15, -0.1) is 0 Å². The Morgan fingerprint density at radius 1 is 1.50 bits per heavy atom. The van der Waals surface area contributed by atoms with E-state index in [4.69, 9.17) is 4.52 Å². The molecule has 2 aromatic rings. The standard InChI is InChI=1S/C11H8BrFN2O3/c1-17-10(16)5-9-14-11(15-18-9)6-2-7(12)4-8(13)3-6/h2-4H,5H2,1H3. The number of methoxy groups -OCH3 is 1. The molecule has 0 atom stereocenters. The minimum atomic E-state index is -0.481. The van der Waals surface area contributed by atoms with E-state index in [-0.39, 0.29) is 18.1 Å². The van der Waals surface area contributed by atoms with Crippen molar-refractivity contribution < 1.29 is 18.4 Å². The van der Waals surface area contributed by atoms with Crippen LogP contribution in [0.1, 0.15) is 5.89 Å². The number of nitrogens with zero attached hydrogens (tertiary/aromatic N) is 2. The van der Waals surface area contributed by atoms with Gasteiger partial charge in [0, 0.05) is 10.0 Å². The van der Waals surface area contributed by atoms with E-state index in [9.17, 15) is 9.18 Å². The number of esters is 1. The van der Waals surface area contributed by atoms with E-state index in [1.54, 1.807) is 6.07 Å². The fourth-order valence-electron chi connectivity index (χ4n) is 1.32. The summed E-state index contributed by atoms with van der Waals surface area (Å²) in [6, 6.07) is 4.24. The zero-order chi connectivity index (χ0) is 13.1. The SMILES string of the molecule is COC(=O)Cc1nc(-c2cc(F)cc(Br)c2)no1. The lowest BCUT2D eigenvalue weighted by molar-refractivity contribution is -0.140. The summed E-state index contributed by atoms with van der Waals surface area (Å²) < 4.78 is 23.1. The molecular weight excluding hydrogens is 307 g/mol. The Balaban J connectivity index is 2.26. The van der Waals surface area contributed by atoms with Crippen LogP contribution < -0.4 is 0 Å². The summed E-state index contributed by atoms with van der Waals surface area (Å²) in [4.78, 5) is 15.0. The topological polar surface area (TPSA) is 65.2 Å². The number of rotatable bonds is 3. The first-order chi connectivity index (χ1) is 8.58. The summed E-state index contributed by atoms with van der Waals surface area (Å²) in [6.45, 7) is 0. The van der Waals surface area contributed by atoms with E-state index >= 15 is 0 Å². The monoisotopic (exact) mass is 314 g/mol. The maximum atomic E-state index is 13.2. The smallest absolute Gasteiger partial charge is 0.315 e. The van der Waals surface area contributed by atoms with Crippen molar-refractivity contribution >= 4 is 21.9 Å². The largest absolute Gasteiger partial charge is 0.469 e. The summed E-state index contributed by atoms with van der Waals surface area (Å²) in [6.07, 6.45) is -0.111. The first kappa shape index (κ1) is 12.7. The lowest BCUT2D eigenvalue weighted by Gasteiger charge is -1.96. The molecule has 2 rings (SSSR count). The molecule has 0 amide bonds. The zero-order valence-corrected chi connectivity index (χ0v) is 10.9.